The minimum absolute atomic E-state index is 0.0343. The van der Waals surface area contributed by atoms with Gasteiger partial charge in [0.25, 0.3) is 0 Å². The molecule has 0 saturated carbocycles. The quantitative estimate of drug-likeness (QED) is 0.615. The van der Waals surface area contributed by atoms with E-state index in [1.54, 1.807) is 0 Å². The van der Waals surface area contributed by atoms with Gasteiger partial charge in [0.15, 0.2) is 0 Å². The molecule has 70 valence electrons. The molecule has 0 unspecified atom stereocenters. The van der Waals surface area contributed by atoms with Crippen LogP contribution < -0.4 is 0 Å². The maximum absolute atomic E-state index is 9.08. The highest BCUT2D eigenvalue weighted by molar-refractivity contribution is 5.02. The predicted octanol–water partition coefficient (Wildman–Crippen LogP) is 0.218. The van der Waals surface area contributed by atoms with E-state index < -0.39 is 5.41 Å². The minimum atomic E-state index is -0.509. The van der Waals surface area contributed by atoms with Gasteiger partial charge in [-0.25, -0.2) is 0 Å². The number of likely N-dealkylation sites (tertiary alicyclic amines) is 1. The van der Waals surface area contributed by atoms with Gasteiger partial charge in [0.2, 0.25) is 0 Å². The van der Waals surface area contributed by atoms with Crippen LogP contribution in [-0.4, -0.2) is 36.2 Å². The third-order valence-electron chi connectivity index (χ3n) is 2.67. The Morgan fingerprint density at radius 2 is 2.08 bits per heavy atom. The summed E-state index contributed by atoms with van der Waals surface area (Å²) in [6, 6.07) is 2.20. The molecular formula is C10H14N2O. The Morgan fingerprint density at radius 1 is 1.46 bits per heavy atom. The van der Waals surface area contributed by atoms with E-state index in [2.05, 4.69) is 16.9 Å². The minimum Gasteiger partial charge on any atom is -0.395 e. The van der Waals surface area contributed by atoms with Crippen LogP contribution in [0.25, 0.3) is 0 Å². The van der Waals surface area contributed by atoms with Crippen LogP contribution in [-0.2, 0) is 0 Å². The fraction of sp³-hybridized carbons (Fsp3) is 0.700. The molecule has 0 radical (unpaired) electrons. The van der Waals surface area contributed by atoms with Crippen molar-refractivity contribution in [2.75, 3.05) is 26.2 Å². The standard InChI is InChI=1S/C10H14N2O/c1-2-5-12-6-3-10(8-11,9-13)4-7-12/h1,13H,3-7,9H2. The molecule has 0 aromatic rings. The van der Waals surface area contributed by atoms with Crippen molar-refractivity contribution in [3.8, 4) is 18.4 Å². The van der Waals surface area contributed by atoms with Gasteiger partial charge in [-0.05, 0) is 12.8 Å². The first kappa shape index (κ1) is 10.1. The van der Waals surface area contributed by atoms with Crippen molar-refractivity contribution in [1.82, 2.24) is 4.90 Å². The molecule has 3 heteroatoms. The van der Waals surface area contributed by atoms with Gasteiger partial charge in [-0.2, -0.15) is 5.26 Å². The molecule has 1 N–H and O–H groups in total. The Kier molecular flexibility index (Phi) is 3.31. The van der Waals surface area contributed by atoms with E-state index >= 15 is 0 Å². The van der Waals surface area contributed by atoms with Gasteiger partial charge in [-0.1, -0.05) is 5.92 Å². The topological polar surface area (TPSA) is 47.3 Å². The lowest BCUT2D eigenvalue weighted by atomic mass is 9.81. The molecule has 0 aromatic carbocycles. The maximum Gasteiger partial charge on any atom is 0.0828 e. The molecule has 1 aliphatic heterocycles. The summed E-state index contributed by atoms with van der Waals surface area (Å²) in [6.07, 6.45) is 6.63. The van der Waals surface area contributed by atoms with Gasteiger partial charge < -0.3 is 5.11 Å². The Labute approximate surface area is 79.0 Å². The van der Waals surface area contributed by atoms with Crippen molar-refractivity contribution in [2.24, 2.45) is 5.41 Å². The Balaban J connectivity index is 2.47. The summed E-state index contributed by atoms with van der Waals surface area (Å²) in [5.41, 5.74) is -0.509. The van der Waals surface area contributed by atoms with Crippen molar-refractivity contribution in [3.05, 3.63) is 0 Å². The summed E-state index contributed by atoms with van der Waals surface area (Å²) in [6.45, 7) is 2.25. The lowest BCUT2D eigenvalue weighted by Gasteiger charge is -2.34. The van der Waals surface area contributed by atoms with Gasteiger partial charge in [0.05, 0.1) is 24.6 Å². The normalized spacial score (nSPS) is 21.8. The number of aliphatic hydroxyl groups is 1. The fourth-order valence-electron chi connectivity index (χ4n) is 1.57. The number of aliphatic hydroxyl groups excluding tert-OH is 1. The van der Waals surface area contributed by atoms with Crippen LogP contribution in [0.3, 0.4) is 0 Å². The van der Waals surface area contributed by atoms with Crippen LogP contribution in [0.1, 0.15) is 12.8 Å². The van der Waals surface area contributed by atoms with E-state index in [0.717, 1.165) is 25.9 Å². The average Bonchev–Trinajstić information content (AvgIpc) is 2.20. The second-order valence-corrected chi connectivity index (χ2v) is 3.53. The van der Waals surface area contributed by atoms with Crippen LogP contribution in [0.2, 0.25) is 0 Å². The van der Waals surface area contributed by atoms with Crippen LogP contribution in [0.15, 0.2) is 0 Å². The third-order valence-corrected chi connectivity index (χ3v) is 2.67. The summed E-state index contributed by atoms with van der Waals surface area (Å²) >= 11 is 0. The number of rotatable bonds is 2. The second-order valence-electron chi connectivity index (χ2n) is 3.53. The Bertz CT molecular complexity index is 241. The molecule has 0 amide bonds. The van der Waals surface area contributed by atoms with Gasteiger partial charge >= 0.3 is 0 Å². The molecule has 0 atom stereocenters. The lowest BCUT2D eigenvalue weighted by molar-refractivity contribution is 0.0923. The summed E-state index contributed by atoms with van der Waals surface area (Å²) < 4.78 is 0. The molecule has 0 aromatic heterocycles. The van der Waals surface area contributed by atoms with Crippen LogP contribution in [0, 0.1) is 29.1 Å². The zero-order valence-corrected chi connectivity index (χ0v) is 7.66. The molecule has 1 fully saturated rings. The summed E-state index contributed by atoms with van der Waals surface area (Å²) in [7, 11) is 0. The Hall–Kier alpha value is -1.03. The van der Waals surface area contributed by atoms with Crippen molar-refractivity contribution >= 4 is 0 Å². The van der Waals surface area contributed by atoms with Crippen molar-refractivity contribution < 1.29 is 5.11 Å². The number of hydrogen-bond acceptors (Lipinski definition) is 3. The van der Waals surface area contributed by atoms with E-state index in [0.29, 0.717) is 6.54 Å². The predicted molar refractivity (Wildman–Crippen MR) is 49.6 cm³/mol. The SMILES string of the molecule is C#CCN1CCC(C#N)(CO)CC1. The highest BCUT2D eigenvalue weighted by Gasteiger charge is 2.33. The number of nitriles is 1. The van der Waals surface area contributed by atoms with Crippen LogP contribution in [0.5, 0.6) is 0 Å². The summed E-state index contributed by atoms with van der Waals surface area (Å²) in [5.74, 6) is 2.58. The van der Waals surface area contributed by atoms with Gasteiger partial charge in [0, 0.05) is 13.1 Å². The highest BCUT2D eigenvalue weighted by atomic mass is 16.3. The van der Waals surface area contributed by atoms with Crippen molar-refractivity contribution in [1.29, 1.82) is 5.26 Å². The molecule has 1 saturated heterocycles. The van der Waals surface area contributed by atoms with E-state index in [-0.39, 0.29) is 6.61 Å². The molecule has 3 nitrogen and oxygen atoms in total. The molecule has 0 aliphatic carbocycles. The van der Waals surface area contributed by atoms with E-state index in [4.69, 9.17) is 16.8 Å². The fourth-order valence-corrected chi connectivity index (χ4v) is 1.57. The average molecular weight is 178 g/mol. The Morgan fingerprint density at radius 3 is 2.46 bits per heavy atom. The summed E-state index contributed by atoms with van der Waals surface area (Å²) in [5, 5.41) is 18.0. The first-order chi connectivity index (χ1) is 6.26. The zero-order chi connectivity index (χ0) is 9.73. The van der Waals surface area contributed by atoms with Crippen LogP contribution >= 0.6 is 0 Å². The molecule has 1 heterocycles. The van der Waals surface area contributed by atoms with E-state index in [1.807, 2.05) is 0 Å². The number of hydrogen-bond donors (Lipinski definition) is 1. The van der Waals surface area contributed by atoms with E-state index in [9.17, 15) is 0 Å². The first-order valence-corrected chi connectivity index (χ1v) is 4.44. The largest absolute Gasteiger partial charge is 0.395 e. The van der Waals surface area contributed by atoms with Gasteiger partial charge in [-0.15, -0.1) is 6.42 Å². The third kappa shape index (κ3) is 2.21. The summed E-state index contributed by atoms with van der Waals surface area (Å²) in [4.78, 5) is 2.13. The van der Waals surface area contributed by atoms with Crippen molar-refractivity contribution in [2.45, 2.75) is 12.8 Å². The molecular weight excluding hydrogens is 164 g/mol. The number of nitrogens with zero attached hydrogens (tertiary/aromatic N) is 2. The maximum atomic E-state index is 9.08. The highest BCUT2D eigenvalue weighted by Crippen LogP contribution is 2.29. The monoisotopic (exact) mass is 178 g/mol. The van der Waals surface area contributed by atoms with E-state index in [1.165, 1.54) is 0 Å². The zero-order valence-electron chi connectivity index (χ0n) is 7.66. The molecule has 0 spiro atoms. The van der Waals surface area contributed by atoms with Gasteiger partial charge in [0.1, 0.15) is 0 Å². The molecule has 1 rings (SSSR count). The lowest BCUT2D eigenvalue weighted by Crippen LogP contribution is -2.41. The van der Waals surface area contributed by atoms with Gasteiger partial charge in [-0.3, -0.25) is 4.90 Å². The molecule has 1 aliphatic rings. The molecule has 0 bridgehead atoms. The first-order valence-electron chi connectivity index (χ1n) is 4.44. The smallest absolute Gasteiger partial charge is 0.0828 e. The van der Waals surface area contributed by atoms with Crippen LogP contribution in [0.4, 0.5) is 0 Å². The second kappa shape index (κ2) is 4.28. The number of piperidine rings is 1. The van der Waals surface area contributed by atoms with Crippen molar-refractivity contribution in [3.63, 3.8) is 0 Å². The molecule has 13 heavy (non-hydrogen) atoms. The number of terminal acetylenes is 1.